The maximum Gasteiger partial charge on any atom is 0.472 e. The van der Waals surface area contributed by atoms with E-state index in [1.807, 2.05) is 0 Å². The minimum absolute atomic E-state index is 0.104. The van der Waals surface area contributed by atoms with Gasteiger partial charge in [0, 0.05) is 25.7 Å². The van der Waals surface area contributed by atoms with Crippen LogP contribution in [0.4, 0.5) is 0 Å². The zero-order chi connectivity index (χ0) is 72.4. The van der Waals surface area contributed by atoms with Crippen LogP contribution in [0.1, 0.15) is 402 Å². The number of hydrogen-bond donors (Lipinski definition) is 3. The number of rotatable bonds is 76. The number of phosphoric ester groups is 2. The molecule has 0 aromatic heterocycles. The van der Waals surface area contributed by atoms with Gasteiger partial charge in [-0.2, -0.15) is 0 Å². The normalized spacial score (nSPS) is 14.9. The molecule has 582 valence electrons. The third-order valence-corrected chi connectivity index (χ3v) is 21.3. The average molecular weight is 1440 g/mol. The maximum atomic E-state index is 13.1. The Morgan fingerprint density at radius 1 is 0.286 bits per heavy atom. The van der Waals surface area contributed by atoms with Gasteiger partial charge in [0.1, 0.15) is 19.3 Å². The van der Waals surface area contributed by atoms with E-state index in [0.717, 1.165) is 114 Å². The van der Waals surface area contributed by atoms with Crippen molar-refractivity contribution < 1.29 is 80.2 Å². The zero-order valence-electron chi connectivity index (χ0n) is 64.4. The number of aliphatic hydroxyl groups is 1. The molecule has 0 aromatic rings. The first kappa shape index (κ1) is 96.1. The third kappa shape index (κ3) is 68.5. The van der Waals surface area contributed by atoms with Gasteiger partial charge in [-0.1, -0.05) is 351 Å². The van der Waals surface area contributed by atoms with Gasteiger partial charge in [0.25, 0.3) is 0 Å². The fraction of sp³-hybridized carbons (Fsp3) is 0.949. The lowest BCUT2D eigenvalue weighted by Crippen LogP contribution is -2.30. The second kappa shape index (κ2) is 68.2. The third-order valence-electron chi connectivity index (χ3n) is 19.4. The summed E-state index contributed by atoms with van der Waals surface area (Å²) >= 11 is 0. The summed E-state index contributed by atoms with van der Waals surface area (Å²) < 4.78 is 68.6. The van der Waals surface area contributed by atoms with Gasteiger partial charge in [0.15, 0.2) is 12.2 Å². The lowest BCUT2D eigenvalue weighted by Gasteiger charge is -2.21. The van der Waals surface area contributed by atoms with E-state index < -0.39 is 97.5 Å². The zero-order valence-corrected chi connectivity index (χ0v) is 66.2. The predicted octanol–water partition coefficient (Wildman–Crippen LogP) is 23.2. The van der Waals surface area contributed by atoms with E-state index in [-0.39, 0.29) is 25.7 Å². The van der Waals surface area contributed by atoms with Crippen molar-refractivity contribution in [3.63, 3.8) is 0 Å². The Morgan fingerprint density at radius 3 is 0.724 bits per heavy atom. The standard InChI is InChI=1S/C79H154O17P2/c1-9-70(6)56-48-40-32-24-20-18-16-14-12-13-15-17-19-21-25-37-45-53-61-78(83)95-74(65-89-76(81)59-51-43-35-26-22-23-31-39-47-55-69(4)5)67-93-97(85,86)91-63-73(80)64-92-98(87,88)94-68-75(96-79(84)62-54-46-38-30-28-34-42-50-58-72(8)11-3)66-90-77(82)60-52-44-36-29-27-33-41-49-57-71(7)10-2/h69-75,80H,9-68H2,1-8H3,(H,85,86)(H,87,88)/t70?,71?,72?,73-,74-,75-/m1/s1. The van der Waals surface area contributed by atoms with Gasteiger partial charge >= 0.3 is 39.5 Å². The Kier molecular flexibility index (Phi) is 66.8. The number of carbonyl (C=O) groups is 4. The van der Waals surface area contributed by atoms with E-state index in [1.165, 1.54) is 205 Å². The summed E-state index contributed by atoms with van der Waals surface area (Å²) in [6.45, 7) is 14.3. The van der Waals surface area contributed by atoms with Gasteiger partial charge < -0.3 is 33.8 Å². The van der Waals surface area contributed by atoms with Crippen LogP contribution < -0.4 is 0 Å². The van der Waals surface area contributed by atoms with Gasteiger partial charge in [0.2, 0.25) is 0 Å². The van der Waals surface area contributed by atoms with Crippen molar-refractivity contribution >= 4 is 39.5 Å². The van der Waals surface area contributed by atoms with Crippen molar-refractivity contribution in [2.24, 2.45) is 23.7 Å². The molecular formula is C79H154O17P2. The minimum atomic E-state index is -4.96. The van der Waals surface area contributed by atoms with E-state index in [0.29, 0.717) is 25.7 Å². The molecule has 0 aliphatic heterocycles. The van der Waals surface area contributed by atoms with Crippen LogP contribution in [0.2, 0.25) is 0 Å². The summed E-state index contributed by atoms with van der Waals surface area (Å²) in [7, 11) is -9.92. The molecule has 0 saturated carbocycles. The first-order valence-corrected chi connectivity index (χ1v) is 43.8. The Labute approximate surface area is 600 Å². The van der Waals surface area contributed by atoms with Crippen molar-refractivity contribution in [3.05, 3.63) is 0 Å². The number of aliphatic hydroxyl groups excluding tert-OH is 1. The molecule has 0 heterocycles. The van der Waals surface area contributed by atoms with Crippen molar-refractivity contribution in [1.29, 1.82) is 0 Å². The Morgan fingerprint density at radius 2 is 0.490 bits per heavy atom. The fourth-order valence-electron chi connectivity index (χ4n) is 12.0. The fourth-order valence-corrected chi connectivity index (χ4v) is 13.6. The lowest BCUT2D eigenvalue weighted by molar-refractivity contribution is -0.161. The van der Waals surface area contributed by atoms with Crippen LogP contribution in [0.3, 0.4) is 0 Å². The molecule has 0 rings (SSSR count). The average Bonchev–Trinajstić information content (AvgIpc) is 1.32. The van der Waals surface area contributed by atoms with Crippen LogP contribution in [0.25, 0.3) is 0 Å². The summed E-state index contributed by atoms with van der Waals surface area (Å²) in [4.78, 5) is 72.9. The largest absolute Gasteiger partial charge is 0.472 e. The molecule has 98 heavy (non-hydrogen) atoms. The molecule has 0 spiro atoms. The highest BCUT2D eigenvalue weighted by Crippen LogP contribution is 2.45. The lowest BCUT2D eigenvalue weighted by atomic mass is 9.99. The number of hydrogen-bond acceptors (Lipinski definition) is 15. The maximum absolute atomic E-state index is 13.1. The Bertz CT molecular complexity index is 1930. The van der Waals surface area contributed by atoms with Gasteiger partial charge in [-0.25, -0.2) is 9.13 Å². The molecule has 0 fully saturated rings. The molecule has 0 aliphatic carbocycles. The van der Waals surface area contributed by atoms with Gasteiger partial charge in [0.05, 0.1) is 26.4 Å². The van der Waals surface area contributed by atoms with Crippen molar-refractivity contribution in [1.82, 2.24) is 0 Å². The highest BCUT2D eigenvalue weighted by molar-refractivity contribution is 7.47. The first-order chi connectivity index (χ1) is 47.2. The molecule has 0 aromatic carbocycles. The molecule has 0 amide bonds. The molecule has 17 nitrogen and oxygen atoms in total. The molecule has 19 heteroatoms. The SMILES string of the molecule is CCC(C)CCCCCCCCCCCCCCCCCCCCC(=O)O[C@H](COC(=O)CCCCCCCCCCCC(C)C)COP(=O)(O)OC[C@@H](O)COP(=O)(O)OC[C@@H](COC(=O)CCCCCCCCCCC(C)CC)OC(=O)CCCCCCCCCCC(C)CC. The second-order valence-electron chi connectivity index (χ2n) is 29.7. The van der Waals surface area contributed by atoms with E-state index >= 15 is 0 Å². The monoisotopic (exact) mass is 1440 g/mol. The Balaban J connectivity index is 5.21. The van der Waals surface area contributed by atoms with Crippen LogP contribution >= 0.6 is 15.6 Å². The topological polar surface area (TPSA) is 237 Å². The van der Waals surface area contributed by atoms with E-state index in [4.69, 9.17) is 37.0 Å². The van der Waals surface area contributed by atoms with Gasteiger partial charge in [-0.05, 0) is 49.4 Å². The molecule has 5 unspecified atom stereocenters. The van der Waals surface area contributed by atoms with Crippen molar-refractivity contribution in [2.45, 2.75) is 420 Å². The van der Waals surface area contributed by atoms with Gasteiger partial charge in [-0.3, -0.25) is 37.3 Å². The van der Waals surface area contributed by atoms with E-state index in [9.17, 15) is 43.2 Å². The molecule has 3 N–H and O–H groups in total. The predicted molar refractivity (Wildman–Crippen MR) is 400 cm³/mol. The number of carbonyl (C=O) groups excluding carboxylic acids is 4. The van der Waals surface area contributed by atoms with Crippen LogP contribution in [0.15, 0.2) is 0 Å². The smallest absolute Gasteiger partial charge is 0.462 e. The summed E-state index contributed by atoms with van der Waals surface area (Å²) in [6, 6.07) is 0. The molecule has 0 saturated heterocycles. The van der Waals surface area contributed by atoms with Gasteiger partial charge in [-0.15, -0.1) is 0 Å². The van der Waals surface area contributed by atoms with E-state index in [2.05, 4.69) is 55.4 Å². The van der Waals surface area contributed by atoms with Crippen LogP contribution in [0.5, 0.6) is 0 Å². The highest BCUT2D eigenvalue weighted by atomic mass is 31.2. The van der Waals surface area contributed by atoms with Crippen molar-refractivity contribution in [2.75, 3.05) is 39.6 Å². The summed E-state index contributed by atoms with van der Waals surface area (Å²) in [5.41, 5.74) is 0. The summed E-state index contributed by atoms with van der Waals surface area (Å²) in [6.07, 6.45) is 54.1. The van der Waals surface area contributed by atoms with E-state index in [1.54, 1.807) is 0 Å². The summed E-state index contributed by atoms with van der Waals surface area (Å²) in [5.74, 6) is 1.04. The minimum Gasteiger partial charge on any atom is -0.462 e. The van der Waals surface area contributed by atoms with Crippen LogP contribution in [-0.2, 0) is 65.4 Å². The number of esters is 4. The molecular weight excluding hydrogens is 1280 g/mol. The molecule has 0 radical (unpaired) electrons. The summed E-state index contributed by atoms with van der Waals surface area (Å²) in [5, 5.41) is 10.6. The number of phosphoric acid groups is 2. The number of ether oxygens (including phenoxy) is 4. The quantitative estimate of drug-likeness (QED) is 0.0222. The first-order valence-electron chi connectivity index (χ1n) is 40.8. The molecule has 8 atom stereocenters. The number of unbranched alkanes of at least 4 members (excludes halogenated alkanes) is 39. The van der Waals surface area contributed by atoms with Crippen LogP contribution in [-0.4, -0.2) is 96.7 Å². The Hall–Kier alpha value is -1.94. The van der Waals surface area contributed by atoms with Crippen molar-refractivity contribution in [3.8, 4) is 0 Å². The second-order valence-corrected chi connectivity index (χ2v) is 32.6. The molecule has 0 aliphatic rings. The van der Waals surface area contributed by atoms with Crippen LogP contribution in [0, 0.1) is 23.7 Å². The highest BCUT2D eigenvalue weighted by Gasteiger charge is 2.30. The molecule has 0 bridgehead atoms.